The fourth-order valence-corrected chi connectivity index (χ4v) is 5.98. The Balaban J connectivity index is 1.43. The third kappa shape index (κ3) is 4.33. The van der Waals surface area contributed by atoms with Gasteiger partial charge in [-0.1, -0.05) is 25.1 Å². The molecule has 4 aromatic rings. The molecule has 0 atom stereocenters. The van der Waals surface area contributed by atoms with Crippen LogP contribution in [0, 0.1) is 0 Å². The minimum absolute atomic E-state index is 0.0116. The van der Waals surface area contributed by atoms with E-state index >= 15 is 0 Å². The molecule has 184 valence electrons. The number of para-hydroxylation sites is 1. The maximum atomic E-state index is 13.1. The second-order valence-corrected chi connectivity index (χ2v) is 10.5. The smallest absolute Gasteiger partial charge is 0.340 e. The number of ether oxygens (including phenoxy) is 2. The molecule has 5 rings (SSSR count). The van der Waals surface area contributed by atoms with Crippen LogP contribution >= 0.6 is 0 Å². The molecule has 35 heavy (non-hydrogen) atoms. The van der Waals surface area contributed by atoms with Crippen LogP contribution < -0.4 is 0 Å². The number of nitrogens with zero attached hydrogens (tertiary/aromatic N) is 4. The van der Waals surface area contributed by atoms with Crippen LogP contribution in [0.3, 0.4) is 0 Å². The monoisotopic (exact) mass is 496 g/mol. The second-order valence-electron chi connectivity index (χ2n) is 8.59. The Kier molecular flexibility index (Phi) is 6.35. The summed E-state index contributed by atoms with van der Waals surface area (Å²) in [4.78, 5) is 17.8. The Morgan fingerprint density at radius 2 is 1.89 bits per heavy atom. The molecule has 0 saturated carbocycles. The van der Waals surface area contributed by atoms with Gasteiger partial charge in [0, 0.05) is 43.8 Å². The molecule has 2 aromatic heterocycles. The van der Waals surface area contributed by atoms with Crippen molar-refractivity contribution in [3.05, 3.63) is 60.0 Å². The average molecular weight is 497 g/mol. The van der Waals surface area contributed by atoms with Crippen molar-refractivity contribution in [1.29, 1.82) is 0 Å². The molecule has 2 aromatic carbocycles. The molecule has 0 aliphatic carbocycles. The zero-order valence-corrected chi connectivity index (χ0v) is 20.6. The number of carbonyl (C=O) groups excluding carboxylic acids is 1. The third-order valence-electron chi connectivity index (χ3n) is 6.30. The van der Waals surface area contributed by atoms with E-state index in [4.69, 9.17) is 9.47 Å². The number of hydrogen-bond acceptors (Lipinski definition) is 6. The molecule has 0 spiro atoms. The van der Waals surface area contributed by atoms with Gasteiger partial charge >= 0.3 is 5.97 Å². The van der Waals surface area contributed by atoms with E-state index in [-0.39, 0.29) is 11.5 Å². The topological polar surface area (TPSA) is 95.7 Å². The summed E-state index contributed by atoms with van der Waals surface area (Å²) in [6, 6.07) is 12.7. The van der Waals surface area contributed by atoms with Crippen molar-refractivity contribution >= 4 is 37.9 Å². The number of rotatable bonds is 7. The largest absolute Gasteiger partial charge is 0.454 e. The van der Waals surface area contributed by atoms with Crippen LogP contribution in [0.15, 0.2) is 53.6 Å². The molecule has 1 aliphatic rings. The quantitative estimate of drug-likeness (QED) is 0.364. The lowest BCUT2D eigenvalue weighted by molar-refractivity contribution is 0.0460. The average Bonchev–Trinajstić information content (AvgIpc) is 3.40. The molecule has 0 amide bonds. The molecule has 1 fully saturated rings. The van der Waals surface area contributed by atoms with Crippen LogP contribution in [0.1, 0.15) is 29.5 Å². The molecular formula is C25H28N4O5S. The zero-order chi connectivity index (χ0) is 24.6. The first-order valence-corrected chi connectivity index (χ1v) is 13.1. The highest BCUT2D eigenvalue weighted by molar-refractivity contribution is 7.89. The number of aryl methyl sites for hydroxylation is 2. The van der Waals surface area contributed by atoms with Crippen molar-refractivity contribution in [2.45, 2.75) is 31.4 Å². The van der Waals surface area contributed by atoms with Crippen LogP contribution in [-0.2, 0) is 39.7 Å². The summed E-state index contributed by atoms with van der Waals surface area (Å²) in [6.07, 6.45) is 2.62. The van der Waals surface area contributed by atoms with Crippen molar-refractivity contribution in [3.63, 3.8) is 0 Å². The Morgan fingerprint density at radius 1 is 1.11 bits per heavy atom. The highest BCUT2D eigenvalue weighted by Crippen LogP contribution is 2.25. The highest BCUT2D eigenvalue weighted by atomic mass is 32.2. The normalized spacial score (nSPS) is 15.1. The molecule has 10 heteroatoms. The van der Waals surface area contributed by atoms with Gasteiger partial charge in [-0.2, -0.15) is 4.31 Å². The molecule has 9 nitrogen and oxygen atoms in total. The summed E-state index contributed by atoms with van der Waals surface area (Å²) in [5.74, 6) is 0.156. The number of hydrogen-bond donors (Lipinski definition) is 0. The molecule has 0 radical (unpaired) electrons. The van der Waals surface area contributed by atoms with Crippen LogP contribution in [0.2, 0.25) is 0 Å². The van der Waals surface area contributed by atoms with E-state index in [0.29, 0.717) is 49.8 Å². The predicted octanol–water partition coefficient (Wildman–Crippen LogP) is 3.32. The van der Waals surface area contributed by atoms with E-state index in [2.05, 4.69) is 11.9 Å². The van der Waals surface area contributed by atoms with Crippen molar-refractivity contribution in [3.8, 4) is 0 Å². The fraction of sp³-hybridized carbons (Fsp3) is 0.360. The van der Waals surface area contributed by atoms with Gasteiger partial charge < -0.3 is 18.6 Å². The molecule has 3 heterocycles. The number of fused-ring (bicyclic) bond motifs is 2. The van der Waals surface area contributed by atoms with Crippen molar-refractivity contribution in [2.24, 2.45) is 7.05 Å². The highest BCUT2D eigenvalue weighted by Gasteiger charge is 2.27. The minimum Gasteiger partial charge on any atom is -0.454 e. The maximum absolute atomic E-state index is 13.1. The number of morpholine rings is 1. The van der Waals surface area contributed by atoms with E-state index in [1.165, 1.54) is 4.31 Å². The van der Waals surface area contributed by atoms with Crippen LogP contribution in [0.4, 0.5) is 0 Å². The van der Waals surface area contributed by atoms with Gasteiger partial charge in [0.15, 0.2) is 0 Å². The lowest BCUT2D eigenvalue weighted by Gasteiger charge is -2.26. The Labute approximate surface area is 203 Å². The zero-order valence-electron chi connectivity index (χ0n) is 19.8. The standard InChI is InChI=1S/C25H28N4O5S/c1-3-10-29-23-9-8-18(35(31,32)28-11-13-33-14-12-28)15-21(23)26-24(29)17-34-25(30)20-16-27(2)22-7-5-4-6-19(20)22/h4-9,15-16H,3,10-14,17H2,1-2H3. The fourth-order valence-electron chi connectivity index (χ4n) is 4.55. The third-order valence-corrected chi connectivity index (χ3v) is 8.20. The number of sulfonamides is 1. The van der Waals surface area contributed by atoms with Crippen LogP contribution in [-0.4, -0.2) is 59.1 Å². The number of aromatic nitrogens is 3. The van der Waals surface area contributed by atoms with Gasteiger partial charge in [-0.25, -0.2) is 18.2 Å². The number of carbonyl (C=O) groups is 1. The Bertz CT molecular complexity index is 1500. The maximum Gasteiger partial charge on any atom is 0.340 e. The van der Waals surface area contributed by atoms with Gasteiger partial charge in [-0.15, -0.1) is 0 Å². The number of benzene rings is 2. The van der Waals surface area contributed by atoms with Gasteiger partial charge in [0.05, 0.1) is 34.7 Å². The van der Waals surface area contributed by atoms with E-state index in [1.807, 2.05) is 40.4 Å². The first kappa shape index (κ1) is 23.5. The number of esters is 1. The molecule has 1 saturated heterocycles. The molecule has 1 aliphatic heterocycles. The van der Waals surface area contributed by atoms with Crippen molar-refractivity contribution in [2.75, 3.05) is 26.3 Å². The SMILES string of the molecule is CCCn1c(COC(=O)c2cn(C)c3ccccc23)nc2cc(S(=O)(=O)N3CCOCC3)ccc21. The van der Waals surface area contributed by atoms with E-state index in [1.54, 1.807) is 24.4 Å². The van der Waals surface area contributed by atoms with Gasteiger partial charge in [0.2, 0.25) is 10.0 Å². The van der Waals surface area contributed by atoms with Crippen molar-refractivity contribution < 1.29 is 22.7 Å². The molecule has 0 N–H and O–H groups in total. The van der Waals surface area contributed by atoms with Crippen molar-refractivity contribution in [1.82, 2.24) is 18.4 Å². The van der Waals surface area contributed by atoms with Gasteiger partial charge in [0.25, 0.3) is 0 Å². The Morgan fingerprint density at radius 3 is 2.66 bits per heavy atom. The lowest BCUT2D eigenvalue weighted by Crippen LogP contribution is -2.40. The summed E-state index contributed by atoms with van der Waals surface area (Å²) in [7, 11) is -1.74. The summed E-state index contributed by atoms with van der Waals surface area (Å²) < 4.78 is 42.5. The summed E-state index contributed by atoms with van der Waals surface area (Å²) >= 11 is 0. The summed E-state index contributed by atoms with van der Waals surface area (Å²) in [5, 5.41) is 0.833. The predicted molar refractivity (Wildman–Crippen MR) is 132 cm³/mol. The second kappa shape index (κ2) is 9.44. The summed E-state index contributed by atoms with van der Waals surface area (Å²) in [5.41, 5.74) is 2.82. The molecular weight excluding hydrogens is 468 g/mol. The van der Waals surface area contributed by atoms with Gasteiger partial charge in [0.1, 0.15) is 12.4 Å². The minimum atomic E-state index is -3.63. The van der Waals surface area contributed by atoms with E-state index < -0.39 is 16.0 Å². The van der Waals surface area contributed by atoms with Gasteiger partial charge in [-0.05, 0) is 30.7 Å². The van der Waals surface area contributed by atoms with E-state index in [9.17, 15) is 13.2 Å². The molecule has 0 unspecified atom stereocenters. The first-order valence-electron chi connectivity index (χ1n) is 11.7. The van der Waals surface area contributed by atoms with Gasteiger partial charge in [-0.3, -0.25) is 0 Å². The first-order chi connectivity index (χ1) is 16.9. The Hall–Kier alpha value is -3.21. The summed E-state index contributed by atoms with van der Waals surface area (Å²) in [6.45, 7) is 4.15. The number of imidazole rings is 1. The lowest BCUT2D eigenvalue weighted by atomic mass is 10.2. The molecule has 0 bridgehead atoms. The van der Waals surface area contributed by atoms with E-state index in [0.717, 1.165) is 22.8 Å². The van der Waals surface area contributed by atoms with Crippen LogP contribution in [0.5, 0.6) is 0 Å². The van der Waals surface area contributed by atoms with Crippen LogP contribution in [0.25, 0.3) is 21.9 Å².